The van der Waals surface area contributed by atoms with E-state index in [1.54, 1.807) is 6.08 Å². The lowest BCUT2D eigenvalue weighted by molar-refractivity contribution is 0.0994. The molecule has 0 fully saturated rings. The van der Waals surface area contributed by atoms with E-state index in [4.69, 9.17) is 0 Å². The zero-order chi connectivity index (χ0) is 16.5. The van der Waals surface area contributed by atoms with Crippen molar-refractivity contribution in [3.8, 4) is 0 Å². The summed E-state index contributed by atoms with van der Waals surface area (Å²) in [4.78, 5) is 11.8. The summed E-state index contributed by atoms with van der Waals surface area (Å²) in [5.41, 5.74) is 1.60. The third-order valence-corrected chi connectivity index (χ3v) is 2.19. The Morgan fingerprint density at radius 1 is 1.14 bits per heavy atom. The predicted octanol–water partition coefficient (Wildman–Crippen LogP) is 5.16. The van der Waals surface area contributed by atoms with Crippen LogP contribution in [-0.4, -0.2) is 12.3 Å². The van der Waals surface area contributed by atoms with E-state index in [0.717, 1.165) is 11.3 Å². The van der Waals surface area contributed by atoms with E-state index < -0.39 is 0 Å². The maximum Gasteiger partial charge on any atom is 0.181 e. The van der Waals surface area contributed by atoms with Gasteiger partial charge < -0.3 is 5.32 Å². The number of hydrogen-bond donors (Lipinski definition) is 1. The van der Waals surface area contributed by atoms with E-state index in [0.29, 0.717) is 0 Å². The molecule has 0 unspecified atom stereocenters. The second kappa shape index (κ2) is 16.0. The van der Waals surface area contributed by atoms with Crippen molar-refractivity contribution in [2.45, 2.75) is 34.6 Å². The first-order valence-electron chi connectivity index (χ1n) is 7.55. The first kappa shape index (κ1) is 21.2. The van der Waals surface area contributed by atoms with Crippen molar-refractivity contribution >= 4 is 5.78 Å². The van der Waals surface area contributed by atoms with Crippen LogP contribution in [-0.2, 0) is 0 Å². The summed E-state index contributed by atoms with van der Waals surface area (Å²) in [7, 11) is 0. The molecule has 0 radical (unpaired) electrons. The minimum atomic E-state index is 0.0741. The number of Topliss-reactive ketones (excluding diaryl/α,β-unsaturated/α-hetero) is 1. The van der Waals surface area contributed by atoms with Crippen molar-refractivity contribution in [2.75, 3.05) is 6.54 Å². The maximum absolute atomic E-state index is 11.8. The molecule has 0 atom stereocenters. The predicted molar refractivity (Wildman–Crippen MR) is 94.6 cm³/mol. The van der Waals surface area contributed by atoms with Crippen molar-refractivity contribution in [2.24, 2.45) is 0 Å². The van der Waals surface area contributed by atoms with Gasteiger partial charge in [0, 0.05) is 11.3 Å². The Labute approximate surface area is 130 Å². The van der Waals surface area contributed by atoms with E-state index in [2.05, 4.69) is 11.9 Å². The van der Waals surface area contributed by atoms with Gasteiger partial charge >= 0.3 is 0 Å². The quantitative estimate of drug-likeness (QED) is 0.578. The lowest BCUT2D eigenvalue weighted by atomic mass is 10.1. The van der Waals surface area contributed by atoms with Gasteiger partial charge in [0.15, 0.2) is 5.78 Å². The highest BCUT2D eigenvalue weighted by atomic mass is 16.1. The van der Waals surface area contributed by atoms with Crippen LogP contribution >= 0.6 is 0 Å². The first-order chi connectivity index (χ1) is 10.3. The lowest BCUT2D eigenvalue weighted by Gasteiger charge is -2.06. The summed E-state index contributed by atoms with van der Waals surface area (Å²) in [6, 6.07) is 9.25. The van der Waals surface area contributed by atoms with Crippen LogP contribution in [0.3, 0.4) is 0 Å². The van der Waals surface area contributed by atoms with Gasteiger partial charge in [-0.05, 0) is 19.1 Å². The van der Waals surface area contributed by atoms with Gasteiger partial charge in [-0.2, -0.15) is 0 Å². The molecule has 1 rings (SSSR count). The van der Waals surface area contributed by atoms with Crippen LogP contribution in [0, 0.1) is 0 Å². The van der Waals surface area contributed by atoms with Gasteiger partial charge in [-0.15, -0.1) is 0 Å². The smallest absolute Gasteiger partial charge is 0.181 e. The monoisotopic (exact) mass is 287 g/mol. The molecule has 116 valence electrons. The molecule has 21 heavy (non-hydrogen) atoms. The van der Waals surface area contributed by atoms with E-state index in [1.807, 2.05) is 83.2 Å². The second-order valence-corrected chi connectivity index (χ2v) is 3.50. The van der Waals surface area contributed by atoms with Crippen LogP contribution in [0.2, 0.25) is 0 Å². The summed E-state index contributed by atoms with van der Waals surface area (Å²) in [5, 5.41) is 3.07. The summed E-state index contributed by atoms with van der Waals surface area (Å²) >= 11 is 0. The van der Waals surface area contributed by atoms with Crippen LogP contribution in [0.4, 0.5) is 0 Å². The van der Waals surface area contributed by atoms with Gasteiger partial charge in [0.2, 0.25) is 0 Å². The van der Waals surface area contributed by atoms with Crippen molar-refractivity contribution < 1.29 is 4.79 Å². The van der Waals surface area contributed by atoms with Gasteiger partial charge in [-0.3, -0.25) is 4.79 Å². The van der Waals surface area contributed by atoms with Crippen LogP contribution in [0.1, 0.15) is 45.0 Å². The molecule has 0 saturated heterocycles. The molecule has 1 N–H and O–H groups in total. The minimum absolute atomic E-state index is 0.0741. The summed E-state index contributed by atoms with van der Waals surface area (Å²) in [6.07, 6.45) is 7.34. The second-order valence-electron chi connectivity index (χ2n) is 3.50. The molecule has 1 aromatic rings. The fourth-order valence-electron chi connectivity index (χ4n) is 1.39. The summed E-state index contributed by atoms with van der Waals surface area (Å²) in [6.45, 7) is 13.8. The average molecular weight is 287 g/mol. The largest absolute Gasteiger partial charge is 0.378 e. The fourth-order valence-corrected chi connectivity index (χ4v) is 1.39. The number of hydrogen-bond acceptors (Lipinski definition) is 2. The Balaban J connectivity index is 0. The standard InChI is InChI=1S/C15H17NO.2C2H6/c1-3-8-14(9-4-2)16-12-15(17)13-10-6-5-7-11-13;2*1-2/h3-11,16H,1,12H2,2H3;2*1-2H3/b9-4-,14-8+;;. The van der Waals surface area contributed by atoms with E-state index >= 15 is 0 Å². The third-order valence-electron chi connectivity index (χ3n) is 2.19. The van der Waals surface area contributed by atoms with Crippen LogP contribution in [0.25, 0.3) is 0 Å². The molecule has 1 aromatic carbocycles. The SMILES string of the molecule is C=C/C=C(\C=C/C)NCC(=O)c1ccccc1.CC.CC. The summed E-state index contributed by atoms with van der Waals surface area (Å²) < 4.78 is 0. The number of rotatable bonds is 6. The van der Waals surface area contributed by atoms with Gasteiger partial charge in [0.25, 0.3) is 0 Å². The zero-order valence-electron chi connectivity index (χ0n) is 14.0. The van der Waals surface area contributed by atoms with Gasteiger partial charge in [-0.25, -0.2) is 0 Å². The van der Waals surface area contributed by atoms with Crippen molar-refractivity contribution in [3.63, 3.8) is 0 Å². The van der Waals surface area contributed by atoms with Gasteiger partial charge in [0.05, 0.1) is 6.54 Å². The number of nitrogens with one attached hydrogen (secondary N) is 1. The lowest BCUT2D eigenvalue weighted by Crippen LogP contribution is -2.21. The normalized spacial score (nSPS) is 9.86. The molecule has 2 heteroatoms. The Morgan fingerprint density at radius 2 is 1.71 bits per heavy atom. The molecular formula is C19H29NO. The molecule has 2 nitrogen and oxygen atoms in total. The molecule has 0 amide bonds. The van der Waals surface area contributed by atoms with Crippen molar-refractivity contribution in [3.05, 3.63) is 72.5 Å². The Morgan fingerprint density at radius 3 is 2.19 bits per heavy atom. The number of allylic oxidation sites excluding steroid dienone is 4. The zero-order valence-corrected chi connectivity index (χ0v) is 14.0. The van der Waals surface area contributed by atoms with Crippen molar-refractivity contribution in [1.82, 2.24) is 5.32 Å². The highest BCUT2D eigenvalue weighted by Crippen LogP contribution is 2.00. The highest BCUT2D eigenvalue weighted by Gasteiger charge is 2.03. The van der Waals surface area contributed by atoms with Gasteiger partial charge in [0.1, 0.15) is 0 Å². The number of carbonyl (C=O) groups excluding carboxylic acids is 1. The van der Waals surface area contributed by atoms with E-state index in [9.17, 15) is 4.79 Å². The molecular weight excluding hydrogens is 258 g/mol. The summed E-state index contributed by atoms with van der Waals surface area (Å²) in [5.74, 6) is 0.0741. The maximum atomic E-state index is 11.8. The number of carbonyl (C=O) groups is 1. The Bertz CT molecular complexity index is 430. The van der Waals surface area contributed by atoms with Crippen LogP contribution < -0.4 is 5.32 Å². The molecule has 0 bridgehead atoms. The minimum Gasteiger partial charge on any atom is -0.378 e. The average Bonchev–Trinajstić information content (AvgIpc) is 2.57. The molecule has 0 aliphatic heterocycles. The number of benzene rings is 1. The molecule has 0 aliphatic rings. The molecule has 0 heterocycles. The molecule has 0 spiro atoms. The van der Waals surface area contributed by atoms with Gasteiger partial charge in [-0.1, -0.05) is 76.8 Å². The number of ketones is 1. The first-order valence-corrected chi connectivity index (χ1v) is 7.55. The highest BCUT2D eigenvalue weighted by molar-refractivity contribution is 5.97. The van der Waals surface area contributed by atoms with Crippen LogP contribution in [0.15, 0.2) is 66.9 Å². The third kappa shape index (κ3) is 10.4. The van der Waals surface area contributed by atoms with E-state index in [-0.39, 0.29) is 12.3 Å². The van der Waals surface area contributed by atoms with Crippen LogP contribution in [0.5, 0.6) is 0 Å². The molecule has 0 saturated carbocycles. The Hall–Kier alpha value is -2.09. The van der Waals surface area contributed by atoms with E-state index in [1.165, 1.54) is 0 Å². The van der Waals surface area contributed by atoms with Crippen molar-refractivity contribution in [1.29, 1.82) is 0 Å². The fraction of sp³-hybridized carbons (Fsp3) is 0.316. The molecule has 0 aromatic heterocycles. The Kier molecular flexibility index (Phi) is 16.1. The molecule has 0 aliphatic carbocycles. The topological polar surface area (TPSA) is 29.1 Å².